The summed E-state index contributed by atoms with van der Waals surface area (Å²) >= 11 is 0. The summed E-state index contributed by atoms with van der Waals surface area (Å²) in [6, 6.07) is 22.4. The van der Waals surface area contributed by atoms with Gasteiger partial charge in [0.1, 0.15) is 0 Å². The van der Waals surface area contributed by atoms with E-state index < -0.39 is 6.10 Å². The van der Waals surface area contributed by atoms with E-state index in [0.29, 0.717) is 30.4 Å². The number of pyridine rings is 1. The molecule has 1 fully saturated rings. The van der Waals surface area contributed by atoms with Crippen LogP contribution in [0.4, 0.5) is 0 Å². The standard InChI is InChI=1S/C30H27N3O3/c1-19-14-22(10-12-31-19)21-8-6-20(7-9-21)15-23-16-26-29(25-5-3-2-4-24(23)25)32-18-33(30(26)35)27-11-13-36-17-28(27)34/h2-10,12,14,16,18,27-28,34H,11,13,15,17H2,1H3/t27-,28-/m0/s1. The molecule has 0 bridgehead atoms. The van der Waals surface area contributed by atoms with E-state index in [0.717, 1.165) is 38.7 Å². The van der Waals surface area contributed by atoms with Gasteiger partial charge in [0.05, 0.1) is 36.0 Å². The predicted molar refractivity (Wildman–Crippen MR) is 141 cm³/mol. The molecule has 1 saturated heterocycles. The maximum atomic E-state index is 13.6. The van der Waals surface area contributed by atoms with Crippen LogP contribution in [0.1, 0.15) is 29.3 Å². The van der Waals surface area contributed by atoms with Gasteiger partial charge in [-0.1, -0.05) is 48.5 Å². The van der Waals surface area contributed by atoms with Crippen molar-refractivity contribution in [1.29, 1.82) is 0 Å². The SMILES string of the molecule is Cc1cc(-c2ccc(Cc3cc4c(=O)n([C@H]5CCOC[C@@H]5O)cnc4c4ccccc34)cc2)ccn1. The number of nitrogens with zero attached hydrogens (tertiary/aromatic N) is 3. The summed E-state index contributed by atoms with van der Waals surface area (Å²) in [4.78, 5) is 22.6. The van der Waals surface area contributed by atoms with Gasteiger partial charge in [0.2, 0.25) is 0 Å². The van der Waals surface area contributed by atoms with E-state index in [1.165, 1.54) is 0 Å². The molecule has 0 aliphatic carbocycles. The molecular formula is C30H27N3O3. The fourth-order valence-corrected chi connectivity index (χ4v) is 5.23. The first-order valence-corrected chi connectivity index (χ1v) is 12.3. The number of aliphatic hydroxyl groups is 1. The highest BCUT2D eigenvalue weighted by Crippen LogP contribution is 2.29. The summed E-state index contributed by atoms with van der Waals surface area (Å²) in [7, 11) is 0. The van der Waals surface area contributed by atoms with Crippen molar-refractivity contribution >= 4 is 21.7 Å². The molecule has 0 amide bonds. The number of aryl methyl sites for hydroxylation is 1. The molecule has 0 spiro atoms. The zero-order chi connectivity index (χ0) is 24.6. The molecule has 2 atom stereocenters. The van der Waals surface area contributed by atoms with Crippen LogP contribution in [-0.2, 0) is 11.2 Å². The van der Waals surface area contributed by atoms with Gasteiger partial charge in [-0.15, -0.1) is 0 Å². The Labute approximate surface area is 208 Å². The van der Waals surface area contributed by atoms with Crippen molar-refractivity contribution in [2.45, 2.75) is 31.9 Å². The van der Waals surface area contributed by atoms with E-state index in [2.05, 4.69) is 46.4 Å². The molecule has 0 saturated carbocycles. The Morgan fingerprint density at radius 3 is 2.56 bits per heavy atom. The largest absolute Gasteiger partial charge is 0.389 e. The van der Waals surface area contributed by atoms with Gasteiger partial charge in [0, 0.05) is 23.9 Å². The smallest absolute Gasteiger partial charge is 0.261 e. The third-order valence-corrected chi connectivity index (χ3v) is 7.10. The quantitative estimate of drug-likeness (QED) is 0.375. The number of ether oxygens (including phenoxy) is 1. The highest BCUT2D eigenvalue weighted by Gasteiger charge is 2.27. The van der Waals surface area contributed by atoms with E-state index in [4.69, 9.17) is 4.74 Å². The van der Waals surface area contributed by atoms with Gasteiger partial charge < -0.3 is 9.84 Å². The maximum Gasteiger partial charge on any atom is 0.261 e. The Morgan fingerprint density at radius 2 is 1.78 bits per heavy atom. The van der Waals surface area contributed by atoms with Crippen LogP contribution < -0.4 is 5.56 Å². The second-order valence-corrected chi connectivity index (χ2v) is 9.49. The first-order chi connectivity index (χ1) is 17.6. The molecule has 1 aliphatic heterocycles. The summed E-state index contributed by atoms with van der Waals surface area (Å²) in [5, 5.41) is 13.1. The third-order valence-electron chi connectivity index (χ3n) is 7.10. The van der Waals surface area contributed by atoms with Gasteiger partial charge in [0.15, 0.2) is 0 Å². The summed E-state index contributed by atoms with van der Waals surface area (Å²) in [5.41, 5.74) is 6.10. The average molecular weight is 478 g/mol. The Hall–Kier alpha value is -3.87. The number of fused-ring (bicyclic) bond motifs is 3. The monoisotopic (exact) mass is 477 g/mol. The average Bonchev–Trinajstić information content (AvgIpc) is 2.90. The molecule has 0 unspecified atom stereocenters. The van der Waals surface area contributed by atoms with E-state index in [-0.39, 0.29) is 18.2 Å². The van der Waals surface area contributed by atoms with Crippen molar-refractivity contribution in [3.05, 3.63) is 106 Å². The van der Waals surface area contributed by atoms with Crippen molar-refractivity contribution in [2.75, 3.05) is 13.2 Å². The molecule has 6 heteroatoms. The number of aromatic nitrogens is 3. The summed E-state index contributed by atoms with van der Waals surface area (Å²) < 4.78 is 6.94. The second kappa shape index (κ2) is 9.30. The fourth-order valence-electron chi connectivity index (χ4n) is 5.23. The van der Waals surface area contributed by atoms with Gasteiger partial charge in [-0.2, -0.15) is 0 Å². The normalized spacial score (nSPS) is 18.1. The number of aliphatic hydroxyl groups excluding tert-OH is 1. The van der Waals surface area contributed by atoms with Crippen molar-refractivity contribution in [3.63, 3.8) is 0 Å². The number of hydrogen-bond donors (Lipinski definition) is 1. The van der Waals surface area contributed by atoms with Crippen LogP contribution in [-0.4, -0.2) is 39.0 Å². The molecule has 6 nitrogen and oxygen atoms in total. The molecule has 0 radical (unpaired) electrons. The zero-order valence-corrected chi connectivity index (χ0v) is 20.1. The Morgan fingerprint density at radius 1 is 0.972 bits per heavy atom. The van der Waals surface area contributed by atoms with Crippen LogP contribution in [0, 0.1) is 6.92 Å². The van der Waals surface area contributed by atoms with Crippen LogP contribution in [0.3, 0.4) is 0 Å². The van der Waals surface area contributed by atoms with Gasteiger partial charge >= 0.3 is 0 Å². The van der Waals surface area contributed by atoms with Crippen molar-refractivity contribution in [1.82, 2.24) is 14.5 Å². The highest BCUT2D eigenvalue weighted by atomic mass is 16.5. The molecule has 5 aromatic rings. The van der Waals surface area contributed by atoms with Crippen LogP contribution in [0.15, 0.2) is 84.0 Å². The molecule has 3 aromatic carbocycles. The first-order valence-electron chi connectivity index (χ1n) is 12.3. The molecule has 3 heterocycles. The van der Waals surface area contributed by atoms with E-state index in [9.17, 15) is 9.90 Å². The molecule has 1 aliphatic rings. The molecule has 6 rings (SSSR count). The fraction of sp³-hybridized carbons (Fsp3) is 0.233. The summed E-state index contributed by atoms with van der Waals surface area (Å²) in [6.07, 6.45) is 3.96. The zero-order valence-electron chi connectivity index (χ0n) is 20.1. The minimum absolute atomic E-state index is 0.124. The Bertz CT molecular complexity index is 1630. The van der Waals surface area contributed by atoms with Gasteiger partial charge in [-0.05, 0) is 65.6 Å². The van der Waals surface area contributed by atoms with Crippen molar-refractivity contribution in [3.8, 4) is 11.1 Å². The minimum atomic E-state index is -0.724. The Kier molecular flexibility index (Phi) is 5.83. The molecule has 1 N–H and O–H groups in total. The van der Waals surface area contributed by atoms with Crippen molar-refractivity contribution in [2.24, 2.45) is 0 Å². The van der Waals surface area contributed by atoms with Crippen LogP contribution in [0.5, 0.6) is 0 Å². The minimum Gasteiger partial charge on any atom is -0.389 e. The van der Waals surface area contributed by atoms with E-state index in [1.807, 2.05) is 43.5 Å². The summed E-state index contributed by atoms with van der Waals surface area (Å²) in [5.74, 6) is 0. The highest BCUT2D eigenvalue weighted by molar-refractivity contribution is 6.06. The lowest BCUT2D eigenvalue weighted by molar-refractivity contribution is -0.0395. The maximum absolute atomic E-state index is 13.6. The van der Waals surface area contributed by atoms with Crippen molar-refractivity contribution < 1.29 is 9.84 Å². The lowest BCUT2D eigenvalue weighted by atomic mass is 9.95. The number of benzene rings is 3. The molecule has 36 heavy (non-hydrogen) atoms. The molecule has 180 valence electrons. The van der Waals surface area contributed by atoms with Crippen LogP contribution in [0.2, 0.25) is 0 Å². The number of rotatable bonds is 4. The molecule has 2 aromatic heterocycles. The molecular weight excluding hydrogens is 450 g/mol. The van der Waals surface area contributed by atoms with Crippen LogP contribution >= 0.6 is 0 Å². The van der Waals surface area contributed by atoms with E-state index in [1.54, 1.807) is 10.9 Å². The number of hydrogen-bond acceptors (Lipinski definition) is 5. The van der Waals surface area contributed by atoms with Crippen LogP contribution in [0.25, 0.3) is 32.8 Å². The lowest BCUT2D eigenvalue weighted by Crippen LogP contribution is -2.39. The lowest BCUT2D eigenvalue weighted by Gasteiger charge is -2.29. The predicted octanol–water partition coefficient (Wildman–Crippen LogP) is 4.83. The van der Waals surface area contributed by atoms with Gasteiger partial charge in [0.25, 0.3) is 5.56 Å². The van der Waals surface area contributed by atoms with E-state index >= 15 is 0 Å². The second-order valence-electron chi connectivity index (χ2n) is 9.49. The third kappa shape index (κ3) is 4.08. The summed E-state index contributed by atoms with van der Waals surface area (Å²) in [6.45, 7) is 2.74. The first kappa shape index (κ1) is 22.6. The topological polar surface area (TPSA) is 77.2 Å². The van der Waals surface area contributed by atoms with Gasteiger partial charge in [-0.25, -0.2) is 4.98 Å². The van der Waals surface area contributed by atoms with Gasteiger partial charge in [-0.3, -0.25) is 14.3 Å². The Balaban J connectivity index is 1.42.